The highest BCUT2D eigenvalue weighted by atomic mass is 16.5. The van der Waals surface area contributed by atoms with Crippen molar-refractivity contribution in [2.45, 2.75) is 25.4 Å². The van der Waals surface area contributed by atoms with Crippen molar-refractivity contribution in [3.8, 4) is 23.0 Å². The molecule has 1 aliphatic rings. The fourth-order valence-electron chi connectivity index (χ4n) is 2.61. The van der Waals surface area contributed by atoms with E-state index in [0.717, 1.165) is 25.0 Å². The second kappa shape index (κ2) is 6.41. The Kier molecular flexibility index (Phi) is 3.96. The van der Waals surface area contributed by atoms with Gasteiger partial charge in [0.25, 0.3) is 5.89 Å². The summed E-state index contributed by atoms with van der Waals surface area (Å²) in [5.41, 5.74) is 0.575. The van der Waals surface area contributed by atoms with E-state index < -0.39 is 6.10 Å². The molecule has 3 aromatic rings. The number of hydrogen-bond acceptors (Lipinski definition) is 6. The molecule has 1 aliphatic carbocycles. The SMILES string of the molecule is OC(c1nc(-c2ccc(Oc3ccccc3)cn2)no1)C1CCC1. The summed E-state index contributed by atoms with van der Waals surface area (Å²) in [5.74, 6) is 2.24. The Bertz CT molecular complexity index is 798. The molecule has 1 N–H and O–H groups in total. The number of nitrogens with zero attached hydrogens (tertiary/aromatic N) is 3. The van der Waals surface area contributed by atoms with Crippen LogP contribution in [0.2, 0.25) is 0 Å². The van der Waals surface area contributed by atoms with Crippen molar-refractivity contribution >= 4 is 0 Å². The van der Waals surface area contributed by atoms with Gasteiger partial charge in [0.1, 0.15) is 23.3 Å². The summed E-state index contributed by atoms with van der Waals surface area (Å²) in [6.07, 6.45) is 4.08. The van der Waals surface area contributed by atoms with Crippen LogP contribution in [0.3, 0.4) is 0 Å². The second-order valence-electron chi connectivity index (χ2n) is 5.89. The van der Waals surface area contributed by atoms with Gasteiger partial charge in [0.05, 0.1) is 6.20 Å². The highest BCUT2D eigenvalue weighted by molar-refractivity contribution is 5.49. The third-order valence-corrected chi connectivity index (χ3v) is 4.24. The molecule has 1 aromatic carbocycles. The molecule has 2 aromatic heterocycles. The number of hydrogen-bond donors (Lipinski definition) is 1. The number of aliphatic hydroxyl groups excluding tert-OH is 1. The van der Waals surface area contributed by atoms with Crippen molar-refractivity contribution in [1.29, 1.82) is 0 Å². The zero-order chi connectivity index (χ0) is 16.4. The molecule has 0 spiro atoms. The number of aromatic nitrogens is 3. The van der Waals surface area contributed by atoms with E-state index in [2.05, 4.69) is 15.1 Å². The average molecular weight is 323 g/mol. The van der Waals surface area contributed by atoms with Crippen molar-refractivity contribution in [3.05, 3.63) is 54.6 Å². The largest absolute Gasteiger partial charge is 0.456 e. The van der Waals surface area contributed by atoms with Crippen LogP contribution in [0.5, 0.6) is 11.5 Å². The quantitative estimate of drug-likeness (QED) is 0.770. The molecule has 122 valence electrons. The molecular formula is C18H17N3O3. The smallest absolute Gasteiger partial charge is 0.256 e. The van der Waals surface area contributed by atoms with Crippen LogP contribution in [-0.4, -0.2) is 20.2 Å². The normalized spacial score (nSPS) is 15.7. The molecule has 1 unspecified atom stereocenters. The molecule has 0 saturated heterocycles. The van der Waals surface area contributed by atoms with Gasteiger partial charge in [-0.2, -0.15) is 4.98 Å². The van der Waals surface area contributed by atoms with Crippen LogP contribution < -0.4 is 4.74 Å². The summed E-state index contributed by atoms with van der Waals surface area (Å²) < 4.78 is 10.9. The van der Waals surface area contributed by atoms with E-state index in [1.807, 2.05) is 30.3 Å². The van der Waals surface area contributed by atoms with Gasteiger partial charge in [0.15, 0.2) is 0 Å². The monoisotopic (exact) mass is 323 g/mol. The Hall–Kier alpha value is -2.73. The van der Waals surface area contributed by atoms with Gasteiger partial charge in [-0.15, -0.1) is 0 Å². The minimum Gasteiger partial charge on any atom is -0.456 e. The van der Waals surface area contributed by atoms with E-state index in [1.165, 1.54) is 0 Å². The Morgan fingerprint density at radius 3 is 2.58 bits per heavy atom. The fourth-order valence-corrected chi connectivity index (χ4v) is 2.61. The van der Waals surface area contributed by atoms with Crippen molar-refractivity contribution in [1.82, 2.24) is 15.1 Å². The first-order chi connectivity index (χ1) is 11.8. The maximum absolute atomic E-state index is 10.2. The molecule has 1 fully saturated rings. The van der Waals surface area contributed by atoms with Crippen LogP contribution >= 0.6 is 0 Å². The number of ether oxygens (including phenoxy) is 1. The molecule has 0 bridgehead atoms. The highest BCUT2D eigenvalue weighted by Crippen LogP contribution is 2.37. The summed E-state index contributed by atoms with van der Waals surface area (Å²) in [5, 5.41) is 14.1. The zero-order valence-electron chi connectivity index (χ0n) is 13.0. The van der Waals surface area contributed by atoms with Gasteiger partial charge in [-0.3, -0.25) is 0 Å². The van der Waals surface area contributed by atoms with Crippen LogP contribution in [-0.2, 0) is 0 Å². The first kappa shape index (κ1) is 14.8. The topological polar surface area (TPSA) is 81.3 Å². The Morgan fingerprint density at radius 2 is 1.92 bits per heavy atom. The van der Waals surface area contributed by atoms with Crippen LogP contribution in [0.4, 0.5) is 0 Å². The molecule has 0 amide bonds. The summed E-state index contributed by atoms with van der Waals surface area (Å²) in [4.78, 5) is 8.57. The van der Waals surface area contributed by atoms with E-state index in [0.29, 0.717) is 17.3 Å². The lowest BCUT2D eigenvalue weighted by Crippen LogP contribution is -2.20. The summed E-state index contributed by atoms with van der Waals surface area (Å²) in [6.45, 7) is 0. The predicted octanol–water partition coefficient (Wildman–Crippen LogP) is 3.76. The average Bonchev–Trinajstić information content (AvgIpc) is 3.05. The minimum absolute atomic E-state index is 0.230. The van der Waals surface area contributed by atoms with Gasteiger partial charge in [0, 0.05) is 0 Å². The minimum atomic E-state index is -0.680. The number of aliphatic hydroxyl groups is 1. The van der Waals surface area contributed by atoms with Gasteiger partial charge in [-0.25, -0.2) is 4.98 Å². The van der Waals surface area contributed by atoms with Crippen LogP contribution in [0.1, 0.15) is 31.3 Å². The molecule has 6 nitrogen and oxygen atoms in total. The second-order valence-corrected chi connectivity index (χ2v) is 5.89. The zero-order valence-corrected chi connectivity index (χ0v) is 13.0. The molecular weight excluding hydrogens is 306 g/mol. The lowest BCUT2D eigenvalue weighted by atomic mass is 9.81. The third kappa shape index (κ3) is 3.00. The molecule has 24 heavy (non-hydrogen) atoms. The molecule has 2 heterocycles. The van der Waals surface area contributed by atoms with Crippen molar-refractivity contribution in [2.24, 2.45) is 5.92 Å². The fraction of sp³-hybridized carbons (Fsp3) is 0.278. The predicted molar refractivity (Wildman–Crippen MR) is 86.3 cm³/mol. The van der Waals surface area contributed by atoms with Gasteiger partial charge in [0.2, 0.25) is 5.82 Å². The van der Waals surface area contributed by atoms with Gasteiger partial charge in [-0.05, 0) is 43.0 Å². The van der Waals surface area contributed by atoms with E-state index in [-0.39, 0.29) is 11.8 Å². The lowest BCUT2D eigenvalue weighted by molar-refractivity contribution is 0.0354. The molecule has 1 saturated carbocycles. The standard InChI is InChI=1S/C18H17N3O3/c22-16(12-5-4-6-12)18-20-17(21-24-18)15-10-9-14(11-19-15)23-13-7-2-1-3-8-13/h1-3,7-12,16,22H,4-6H2. The lowest BCUT2D eigenvalue weighted by Gasteiger charge is -2.27. The van der Waals surface area contributed by atoms with Crippen LogP contribution in [0.15, 0.2) is 53.2 Å². The molecule has 4 rings (SSSR count). The Morgan fingerprint density at radius 1 is 1.08 bits per heavy atom. The highest BCUT2D eigenvalue weighted by Gasteiger charge is 2.31. The van der Waals surface area contributed by atoms with E-state index in [9.17, 15) is 5.11 Å². The summed E-state index contributed by atoms with van der Waals surface area (Å²) in [7, 11) is 0. The van der Waals surface area contributed by atoms with Gasteiger partial charge < -0.3 is 14.4 Å². The molecule has 0 aliphatic heterocycles. The number of para-hydroxylation sites is 1. The van der Waals surface area contributed by atoms with Crippen LogP contribution in [0, 0.1) is 5.92 Å². The summed E-state index contributed by atoms with van der Waals surface area (Å²) >= 11 is 0. The van der Waals surface area contributed by atoms with E-state index >= 15 is 0 Å². The van der Waals surface area contributed by atoms with E-state index in [4.69, 9.17) is 9.26 Å². The summed E-state index contributed by atoms with van der Waals surface area (Å²) in [6, 6.07) is 13.1. The van der Waals surface area contributed by atoms with Crippen molar-refractivity contribution < 1.29 is 14.4 Å². The Labute approximate surface area is 139 Å². The first-order valence-electron chi connectivity index (χ1n) is 8.00. The maximum atomic E-state index is 10.2. The van der Waals surface area contributed by atoms with Gasteiger partial charge in [-0.1, -0.05) is 29.8 Å². The van der Waals surface area contributed by atoms with Crippen molar-refractivity contribution in [3.63, 3.8) is 0 Å². The van der Waals surface area contributed by atoms with Crippen molar-refractivity contribution in [2.75, 3.05) is 0 Å². The molecule has 0 radical (unpaired) electrons. The van der Waals surface area contributed by atoms with Gasteiger partial charge >= 0.3 is 0 Å². The van der Waals surface area contributed by atoms with Crippen LogP contribution in [0.25, 0.3) is 11.5 Å². The molecule has 6 heteroatoms. The third-order valence-electron chi connectivity index (χ3n) is 4.24. The maximum Gasteiger partial charge on any atom is 0.256 e. The first-order valence-corrected chi connectivity index (χ1v) is 8.00. The Balaban J connectivity index is 1.47. The number of rotatable bonds is 5. The number of benzene rings is 1. The number of pyridine rings is 1. The molecule has 1 atom stereocenters. The van der Waals surface area contributed by atoms with E-state index in [1.54, 1.807) is 18.3 Å².